The van der Waals surface area contributed by atoms with Crippen LogP contribution >= 0.6 is 0 Å². The molecule has 3 N–H and O–H groups in total. The molecule has 5 heteroatoms. The molecule has 0 aliphatic carbocycles. The van der Waals surface area contributed by atoms with E-state index in [0.717, 1.165) is 0 Å². The number of methoxy groups -OCH3 is 1. The van der Waals surface area contributed by atoms with Crippen LogP contribution in [0.25, 0.3) is 0 Å². The minimum atomic E-state index is -0.947. The number of hydrogen-bond acceptors (Lipinski definition) is 5. The van der Waals surface area contributed by atoms with Gasteiger partial charge in [-0.3, -0.25) is 4.79 Å². The predicted octanol–water partition coefficient (Wildman–Crippen LogP) is 1.99. The Bertz CT molecular complexity index is 457. The first-order valence-corrected chi connectivity index (χ1v) is 6.14. The summed E-state index contributed by atoms with van der Waals surface area (Å²) in [6.45, 7) is 5.61. The van der Waals surface area contributed by atoms with Crippen molar-refractivity contribution in [2.75, 3.05) is 13.7 Å². The SMILES string of the molecule is CCOc1cccc([C@@H](N)C(C)(C)C(=O)OC)c1O. The van der Waals surface area contributed by atoms with E-state index >= 15 is 0 Å². The van der Waals surface area contributed by atoms with Crippen molar-refractivity contribution in [2.24, 2.45) is 11.1 Å². The molecule has 1 rings (SSSR count). The molecule has 106 valence electrons. The second-order valence-electron chi connectivity index (χ2n) is 4.82. The predicted molar refractivity (Wildman–Crippen MR) is 72.0 cm³/mol. The molecule has 1 aromatic rings. The molecule has 0 aromatic heterocycles. The van der Waals surface area contributed by atoms with Crippen LogP contribution in [0.5, 0.6) is 11.5 Å². The van der Waals surface area contributed by atoms with E-state index in [2.05, 4.69) is 0 Å². The first-order chi connectivity index (χ1) is 8.86. The highest BCUT2D eigenvalue weighted by atomic mass is 16.5. The molecule has 5 nitrogen and oxygen atoms in total. The lowest BCUT2D eigenvalue weighted by molar-refractivity contribution is -0.152. The summed E-state index contributed by atoms with van der Waals surface area (Å²) in [6, 6.07) is 4.36. The van der Waals surface area contributed by atoms with Crippen LogP contribution in [-0.4, -0.2) is 24.8 Å². The first kappa shape index (κ1) is 15.3. The number of aromatic hydroxyl groups is 1. The van der Waals surface area contributed by atoms with Crippen LogP contribution in [0.2, 0.25) is 0 Å². The summed E-state index contributed by atoms with van der Waals surface area (Å²) >= 11 is 0. The highest BCUT2D eigenvalue weighted by Crippen LogP contribution is 2.40. The average Bonchev–Trinajstić information content (AvgIpc) is 2.39. The van der Waals surface area contributed by atoms with Crippen LogP contribution in [0.15, 0.2) is 18.2 Å². The first-order valence-electron chi connectivity index (χ1n) is 6.14. The van der Waals surface area contributed by atoms with Gasteiger partial charge in [0, 0.05) is 11.6 Å². The molecular formula is C14H21NO4. The van der Waals surface area contributed by atoms with E-state index in [9.17, 15) is 9.90 Å². The van der Waals surface area contributed by atoms with Gasteiger partial charge in [-0.15, -0.1) is 0 Å². The van der Waals surface area contributed by atoms with Crippen molar-refractivity contribution in [3.63, 3.8) is 0 Å². The molecule has 1 atom stereocenters. The monoisotopic (exact) mass is 267 g/mol. The summed E-state index contributed by atoms with van der Waals surface area (Å²) in [5.74, 6) is -0.105. The van der Waals surface area contributed by atoms with E-state index in [1.165, 1.54) is 7.11 Å². The van der Waals surface area contributed by atoms with Crippen LogP contribution in [0.3, 0.4) is 0 Å². The maximum atomic E-state index is 11.8. The Hall–Kier alpha value is -1.75. The summed E-state index contributed by atoms with van der Waals surface area (Å²) in [5, 5.41) is 10.2. The zero-order valence-corrected chi connectivity index (χ0v) is 11.8. The number of para-hydroxylation sites is 1. The summed E-state index contributed by atoms with van der Waals surface area (Å²) in [6.07, 6.45) is 0. The van der Waals surface area contributed by atoms with E-state index in [1.807, 2.05) is 6.92 Å². The Morgan fingerprint density at radius 2 is 2.11 bits per heavy atom. The van der Waals surface area contributed by atoms with Gasteiger partial charge in [0.15, 0.2) is 11.5 Å². The molecule has 19 heavy (non-hydrogen) atoms. The molecular weight excluding hydrogens is 246 g/mol. The maximum absolute atomic E-state index is 11.8. The van der Waals surface area contributed by atoms with Crippen LogP contribution in [0, 0.1) is 5.41 Å². The molecule has 0 bridgehead atoms. The molecule has 0 saturated heterocycles. The second kappa shape index (κ2) is 5.93. The fraction of sp³-hybridized carbons (Fsp3) is 0.500. The van der Waals surface area contributed by atoms with Crippen LogP contribution in [-0.2, 0) is 9.53 Å². The number of esters is 1. The minimum absolute atomic E-state index is 0.0335. The zero-order valence-electron chi connectivity index (χ0n) is 11.8. The van der Waals surface area contributed by atoms with E-state index in [0.29, 0.717) is 17.9 Å². The number of nitrogens with two attached hydrogens (primary N) is 1. The van der Waals surface area contributed by atoms with Crippen molar-refractivity contribution in [1.29, 1.82) is 0 Å². The highest BCUT2D eigenvalue weighted by molar-refractivity contribution is 5.77. The third-order valence-corrected chi connectivity index (χ3v) is 3.15. The standard InChI is InChI=1S/C14H21NO4/c1-5-19-10-8-6-7-9(11(10)16)12(15)14(2,3)13(17)18-4/h6-8,12,16H,5,15H2,1-4H3/t12-/m1/s1. The second-order valence-corrected chi connectivity index (χ2v) is 4.82. The van der Waals surface area contributed by atoms with Crippen molar-refractivity contribution in [2.45, 2.75) is 26.8 Å². The Kier molecular flexibility index (Phi) is 4.78. The van der Waals surface area contributed by atoms with Gasteiger partial charge in [-0.1, -0.05) is 12.1 Å². The van der Waals surface area contributed by atoms with Crippen molar-refractivity contribution in [3.8, 4) is 11.5 Å². The highest BCUT2D eigenvalue weighted by Gasteiger charge is 2.38. The van der Waals surface area contributed by atoms with Crippen molar-refractivity contribution >= 4 is 5.97 Å². The van der Waals surface area contributed by atoms with Gasteiger partial charge in [0.25, 0.3) is 0 Å². The largest absolute Gasteiger partial charge is 0.504 e. The molecule has 0 unspecified atom stereocenters. The van der Waals surface area contributed by atoms with Gasteiger partial charge in [-0.05, 0) is 26.8 Å². The number of carbonyl (C=O) groups is 1. The van der Waals surface area contributed by atoms with Crippen molar-refractivity contribution in [1.82, 2.24) is 0 Å². The summed E-state index contributed by atoms with van der Waals surface area (Å²) in [5.41, 5.74) is 5.61. The summed E-state index contributed by atoms with van der Waals surface area (Å²) in [7, 11) is 1.31. The molecule has 0 fully saturated rings. The number of rotatable bonds is 5. The lowest BCUT2D eigenvalue weighted by atomic mass is 9.80. The quantitative estimate of drug-likeness (QED) is 0.797. The Labute approximate surface area is 113 Å². The van der Waals surface area contributed by atoms with Gasteiger partial charge in [0.1, 0.15) is 0 Å². The smallest absolute Gasteiger partial charge is 0.313 e. The number of ether oxygens (including phenoxy) is 2. The normalized spacial score (nSPS) is 12.9. The zero-order chi connectivity index (χ0) is 14.6. The minimum Gasteiger partial charge on any atom is -0.504 e. The van der Waals surface area contributed by atoms with Crippen LogP contribution < -0.4 is 10.5 Å². The van der Waals surface area contributed by atoms with Gasteiger partial charge in [0.2, 0.25) is 0 Å². The lowest BCUT2D eigenvalue weighted by Gasteiger charge is -2.29. The molecule has 0 heterocycles. The third-order valence-electron chi connectivity index (χ3n) is 3.15. The lowest BCUT2D eigenvalue weighted by Crippen LogP contribution is -2.37. The Balaban J connectivity index is 3.16. The Morgan fingerprint density at radius 1 is 1.47 bits per heavy atom. The molecule has 0 aliphatic heterocycles. The van der Waals surface area contributed by atoms with Crippen LogP contribution in [0.1, 0.15) is 32.4 Å². The maximum Gasteiger partial charge on any atom is 0.313 e. The van der Waals surface area contributed by atoms with E-state index in [-0.39, 0.29) is 5.75 Å². The molecule has 0 radical (unpaired) electrons. The van der Waals surface area contributed by atoms with E-state index in [1.54, 1.807) is 32.0 Å². The van der Waals surface area contributed by atoms with Crippen molar-refractivity contribution in [3.05, 3.63) is 23.8 Å². The van der Waals surface area contributed by atoms with E-state index < -0.39 is 17.4 Å². The number of hydrogen-bond donors (Lipinski definition) is 2. The van der Waals surface area contributed by atoms with Gasteiger partial charge in [0.05, 0.1) is 19.1 Å². The van der Waals surface area contributed by atoms with Gasteiger partial charge in [-0.2, -0.15) is 0 Å². The number of carbonyl (C=O) groups excluding carboxylic acids is 1. The summed E-state index contributed by atoms with van der Waals surface area (Å²) in [4.78, 5) is 11.8. The van der Waals surface area contributed by atoms with Gasteiger partial charge in [-0.25, -0.2) is 0 Å². The molecule has 0 amide bonds. The van der Waals surface area contributed by atoms with Gasteiger partial charge < -0.3 is 20.3 Å². The molecule has 0 aliphatic rings. The number of phenols is 1. The molecule has 1 aromatic carbocycles. The molecule has 0 saturated carbocycles. The Morgan fingerprint density at radius 3 is 2.63 bits per heavy atom. The van der Waals surface area contributed by atoms with Gasteiger partial charge >= 0.3 is 5.97 Å². The topological polar surface area (TPSA) is 81.8 Å². The average molecular weight is 267 g/mol. The van der Waals surface area contributed by atoms with Crippen LogP contribution in [0.4, 0.5) is 0 Å². The fourth-order valence-electron chi connectivity index (χ4n) is 1.84. The molecule has 0 spiro atoms. The van der Waals surface area contributed by atoms with Crippen molar-refractivity contribution < 1.29 is 19.4 Å². The third kappa shape index (κ3) is 2.98. The fourth-order valence-corrected chi connectivity index (χ4v) is 1.84. The van der Waals surface area contributed by atoms with E-state index in [4.69, 9.17) is 15.2 Å². The number of benzene rings is 1. The summed E-state index contributed by atoms with van der Waals surface area (Å²) < 4.78 is 10.0. The number of phenolic OH excluding ortho intramolecular Hbond substituents is 1.